The summed E-state index contributed by atoms with van der Waals surface area (Å²) in [6.07, 6.45) is -6.05. The van der Waals surface area contributed by atoms with Crippen LogP contribution in [-0.4, -0.2) is 213 Å². The van der Waals surface area contributed by atoms with Crippen molar-refractivity contribution in [2.45, 2.75) is 203 Å². The number of nitrogens with two attached hydrogens (primary N) is 8. The molecule has 0 aliphatic heterocycles. The summed E-state index contributed by atoms with van der Waals surface area (Å²) in [6.45, 7) is 7.56. The number of amides is 12. The van der Waals surface area contributed by atoms with Crippen LogP contribution in [0.15, 0.2) is 40.3 Å². The summed E-state index contributed by atoms with van der Waals surface area (Å²) < 4.78 is 0. The standard InChI is InChI=1S/C60H100N20O19/c1-29(2)25-38(76-54(94)39(26-32-13-7-6-8-14-32)75-48(88)33(62)15-11-23-69-59(65)66)53(93)72-35(17-12-24-70-60(67)68)50(90)71-34(16-9-10-22-61)49(89)73-37(19-21-44(84)85)51(91)77-40(27-43(64)83)55(95)79-46(30(3)4)56(96)80-47(31(5)81)57(97)74-36(18-20-42(63)82)52(92)78-41(58(98)99)28-45(86)87/h6-8,13-14,29-31,33-41,46-47,81H,9-12,15-28,61-62H2,1-5H3,(H2,63,82)(H2,64,83)(H,71,90)(H,72,93)(H,73,89)(H,74,97)(H,75,88)(H,76,94)(H,77,91)(H,78,92)(H,79,95)(H,80,96)(H,84,85)(H,86,87)(H,98,99)(H4,65,66,69)(H4,67,68,70)/t31-,33+,34+,35+,36+,37+,38+,39+,40+,41+,46+,47+/m1/s1. The molecule has 12 atom stereocenters. The van der Waals surface area contributed by atoms with Crippen LogP contribution >= 0.6 is 0 Å². The molecule has 0 heterocycles. The molecule has 0 fully saturated rings. The maximum Gasteiger partial charge on any atom is 0.326 e. The molecule has 0 saturated carbocycles. The van der Waals surface area contributed by atoms with E-state index in [9.17, 15) is 87.2 Å². The third-order valence-corrected chi connectivity index (χ3v) is 14.7. The van der Waals surface area contributed by atoms with Crippen molar-refractivity contribution in [3.8, 4) is 0 Å². The first-order valence-electron chi connectivity index (χ1n) is 31.9. The molecule has 39 nitrogen and oxygen atoms in total. The Bertz CT molecular complexity index is 2980. The van der Waals surface area contributed by atoms with Gasteiger partial charge in [0, 0.05) is 32.4 Å². The number of carbonyl (C=O) groups is 15. The number of nitrogens with one attached hydrogen (secondary N) is 10. The van der Waals surface area contributed by atoms with Crippen LogP contribution in [0.25, 0.3) is 0 Å². The summed E-state index contributed by atoms with van der Waals surface area (Å²) in [5.74, 6) is -19.6. The van der Waals surface area contributed by atoms with Gasteiger partial charge in [0.25, 0.3) is 0 Å². The van der Waals surface area contributed by atoms with Crippen LogP contribution in [0.1, 0.15) is 130 Å². The Morgan fingerprint density at radius 2 is 0.838 bits per heavy atom. The van der Waals surface area contributed by atoms with E-state index in [0.29, 0.717) is 12.0 Å². The van der Waals surface area contributed by atoms with Crippen molar-refractivity contribution in [1.29, 1.82) is 0 Å². The third-order valence-electron chi connectivity index (χ3n) is 14.7. The number of hydrogen-bond acceptors (Lipinski definition) is 20. The van der Waals surface area contributed by atoms with Gasteiger partial charge in [-0.25, -0.2) is 4.79 Å². The molecule has 99 heavy (non-hydrogen) atoms. The zero-order valence-corrected chi connectivity index (χ0v) is 56.1. The Labute approximate surface area is 571 Å². The number of aliphatic hydroxyl groups excluding tert-OH is 1. The van der Waals surface area contributed by atoms with Gasteiger partial charge in [-0.2, -0.15) is 0 Å². The predicted octanol–water partition coefficient (Wildman–Crippen LogP) is -7.71. The van der Waals surface area contributed by atoms with Gasteiger partial charge >= 0.3 is 17.9 Å². The third kappa shape index (κ3) is 35.5. The Kier molecular flexibility index (Phi) is 39.6. The zero-order valence-electron chi connectivity index (χ0n) is 56.1. The molecule has 30 N–H and O–H groups in total. The number of carboxylic acids is 3. The van der Waals surface area contributed by atoms with Gasteiger partial charge in [0.2, 0.25) is 70.9 Å². The topological polar surface area (TPSA) is 690 Å². The molecule has 0 spiro atoms. The van der Waals surface area contributed by atoms with Crippen LogP contribution in [0.5, 0.6) is 0 Å². The Morgan fingerprint density at radius 3 is 1.29 bits per heavy atom. The van der Waals surface area contributed by atoms with E-state index < -0.39 is 206 Å². The fraction of sp³-hybridized carbons (Fsp3) is 0.617. The second-order valence-electron chi connectivity index (χ2n) is 24.1. The molecule has 0 aromatic heterocycles. The molecule has 39 heteroatoms. The minimum absolute atomic E-state index is 0.00457. The van der Waals surface area contributed by atoms with Crippen molar-refractivity contribution in [3.63, 3.8) is 0 Å². The number of carboxylic acid groups (broad SMARTS) is 3. The second-order valence-corrected chi connectivity index (χ2v) is 24.1. The van der Waals surface area contributed by atoms with Gasteiger partial charge in [-0.3, -0.25) is 77.1 Å². The highest BCUT2D eigenvalue weighted by Gasteiger charge is 2.39. The van der Waals surface area contributed by atoms with E-state index in [0.717, 1.165) is 6.92 Å². The number of aliphatic carboxylic acids is 3. The maximum absolute atomic E-state index is 14.6. The molecule has 1 rings (SSSR count). The van der Waals surface area contributed by atoms with Crippen LogP contribution in [-0.2, 0) is 78.3 Å². The van der Waals surface area contributed by atoms with Gasteiger partial charge in [-0.1, -0.05) is 58.0 Å². The normalized spacial score (nSPS) is 14.6. The minimum Gasteiger partial charge on any atom is -0.481 e. The number of primary amides is 2. The van der Waals surface area contributed by atoms with E-state index in [1.54, 1.807) is 44.2 Å². The lowest BCUT2D eigenvalue weighted by molar-refractivity contribution is -0.147. The number of rotatable bonds is 49. The van der Waals surface area contributed by atoms with E-state index in [1.807, 2.05) is 5.32 Å². The van der Waals surface area contributed by atoms with E-state index in [-0.39, 0.29) is 88.8 Å². The van der Waals surface area contributed by atoms with Crippen molar-refractivity contribution < 1.29 is 92.3 Å². The number of aliphatic imine (C=N–C) groups is 2. The van der Waals surface area contributed by atoms with E-state index in [2.05, 4.69) is 57.8 Å². The fourth-order valence-electron chi connectivity index (χ4n) is 9.43. The molecule has 0 aliphatic rings. The molecular weight excluding hydrogens is 1300 g/mol. The largest absolute Gasteiger partial charge is 0.481 e. The smallest absolute Gasteiger partial charge is 0.326 e. The number of hydrogen-bond donors (Lipinski definition) is 22. The van der Waals surface area contributed by atoms with E-state index in [1.165, 1.54) is 13.8 Å². The van der Waals surface area contributed by atoms with E-state index in [4.69, 9.17) is 51.0 Å². The predicted molar refractivity (Wildman–Crippen MR) is 355 cm³/mol. The summed E-state index contributed by atoms with van der Waals surface area (Å²) in [6, 6.07) is -9.59. The van der Waals surface area contributed by atoms with Crippen molar-refractivity contribution in [3.05, 3.63) is 35.9 Å². The zero-order chi connectivity index (χ0) is 75.2. The molecular formula is C60H100N20O19. The summed E-state index contributed by atoms with van der Waals surface area (Å²) >= 11 is 0. The number of guanidine groups is 2. The first kappa shape index (κ1) is 86.7. The van der Waals surface area contributed by atoms with Crippen molar-refractivity contribution in [2.24, 2.45) is 67.7 Å². The molecule has 12 amide bonds. The van der Waals surface area contributed by atoms with Gasteiger partial charge in [-0.05, 0) is 95.1 Å². The molecule has 1 aromatic rings. The summed E-state index contributed by atoms with van der Waals surface area (Å²) in [5, 5.41) is 62.8. The quantitative estimate of drug-likeness (QED) is 0.0164. The molecule has 0 unspecified atom stereocenters. The highest BCUT2D eigenvalue weighted by atomic mass is 16.4. The summed E-state index contributed by atoms with van der Waals surface area (Å²) in [7, 11) is 0. The number of unbranched alkanes of at least 4 members (excludes halogenated alkanes) is 1. The monoisotopic (exact) mass is 1400 g/mol. The van der Waals surface area contributed by atoms with Gasteiger partial charge in [0.1, 0.15) is 60.4 Å². The highest BCUT2D eigenvalue weighted by molar-refractivity contribution is 6.00. The molecule has 554 valence electrons. The number of nitrogens with zero attached hydrogens (tertiary/aromatic N) is 2. The summed E-state index contributed by atoms with van der Waals surface area (Å²) in [4.78, 5) is 207. The van der Waals surface area contributed by atoms with Gasteiger partial charge in [0.05, 0.1) is 25.0 Å². The lowest BCUT2D eigenvalue weighted by Crippen LogP contribution is -2.62. The molecule has 0 radical (unpaired) electrons. The highest BCUT2D eigenvalue weighted by Crippen LogP contribution is 2.14. The lowest BCUT2D eigenvalue weighted by Gasteiger charge is -2.29. The average molecular weight is 1410 g/mol. The Hall–Kier alpha value is -10.3. The number of carbonyl (C=O) groups excluding carboxylic acids is 12. The van der Waals surface area contributed by atoms with Crippen molar-refractivity contribution >= 4 is 101 Å². The lowest BCUT2D eigenvalue weighted by atomic mass is 10.00. The maximum atomic E-state index is 14.6. The van der Waals surface area contributed by atoms with Crippen LogP contribution in [0.2, 0.25) is 0 Å². The van der Waals surface area contributed by atoms with Crippen molar-refractivity contribution in [1.82, 2.24) is 53.2 Å². The van der Waals surface area contributed by atoms with E-state index >= 15 is 0 Å². The number of benzene rings is 1. The first-order valence-corrected chi connectivity index (χ1v) is 31.9. The molecule has 0 aliphatic carbocycles. The van der Waals surface area contributed by atoms with Crippen LogP contribution in [0, 0.1) is 11.8 Å². The first-order chi connectivity index (χ1) is 46.4. The summed E-state index contributed by atoms with van der Waals surface area (Å²) in [5.41, 5.74) is 45.2. The van der Waals surface area contributed by atoms with Crippen LogP contribution in [0.4, 0.5) is 0 Å². The fourth-order valence-corrected chi connectivity index (χ4v) is 9.43. The molecule has 1 aromatic carbocycles. The van der Waals surface area contributed by atoms with Gasteiger partial charge in [0.15, 0.2) is 11.9 Å². The second kappa shape index (κ2) is 45.2. The minimum atomic E-state index is -2.01. The van der Waals surface area contributed by atoms with Gasteiger partial charge < -0.3 is 119 Å². The Morgan fingerprint density at radius 1 is 0.424 bits per heavy atom. The molecule has 0 bridgehead atoms. The average Bonchev–Trinajstić information content (AvgIpc) is 0.866. The van der Waals surface area contributed by atoms with Crippen LogP contribution < -0.4 is 99.0 Å². The SMILES string of the molecule is CC(C)C[C@H](NC(=O)[C@H](Cc1ccccc1)NC(=O)[C@@H](N)CCCN=C(N)N)C(=O)N[C@@H](CCCN=C(N)N)C(=O)N[C@@H](CCCCN)C(=O)N[C@@H](CCC(=O)O)C(=O)N[C@@H](CC(N)=O)C(=O)N[C@H](C(=O)N[C@H](C(=O)N[C@@H](CCC(N)=O)C(=O)N[C@@H](CC(=O)O)C(=O)O)[C@@H](C)O)C(C)C. The van der Waals surface area contributed by atoms with Gasteiger partial charge in [-0.15, -0.1) is 0 Å². The molecule has 0 saturated heterocycles. The number of aliphatic hydroxyl groups is 1. The Balaban J connectivity index is 3.70. The van der Waals surface area contributed by atoms with Crippen LogP contribution in [0.3, 0.4) is 0 Å². The van der Waals surface area contributed by atoms with Crippen molar-refractivity contribution in [2.75, 3.05) is 19.6 Å².